The predicted molar refractivity (Wildman–Crippen MR) is 72.7 cm³/mol. The molecule has 0 aliphatic rings. The summed E-state index contributed by atoms with van der Waals surface area (Å²) in [6.07, 6.45) is 0. The lowest BCUT2D eigenvalue weighted by molar-refractivity contribution is 0.0325. The molecule has 1 aromatic rings. The maximum absolute atomic E-state index is 9.80. The smallest absolute Gasteiger partial charge is 0.0718 e. The first-order chi connectivity index (χ1) is 7.33. The van der Waals surface area contributed by atoms with Crippen molar-refractivity contribution < 1.29 is 5.11 Å². The number of likely N-dealkylation sites (N-methyl/N-ethyl adjacent to an activating group) is 1. The van der Waals surface area contributed by atoms with Gasteiger partial charge in [-0.05, 0) is 42.9 Å². The van der Waals surface area contributed by atoms with E-state index in [1.165, 1.54) is 4.88 Å². The minimum atomic E-state index is -0.698. The van der Waals surface area contributed by atoms with Crippen LogP contribution >= 0.6 is 27.3 Å². The fourth-order valence-electron chi connectivity index (χ4n) is 1.74. The summed E-state index contributed by atoms with van der Waals surface area (Å²) >= 11 is 5.13. The summed E-state index contributed by atoms with van der Waals surface area (Å²) in [4.78, 5) is 3.32. The second-order valence-electron chi connectivity index (χ2n) is 4.65. The second kappa shape index (κ2) is 5.60. The van der Waals surface area contributed by atoms with Crippen LogP contribution in [0, 0.1) is 0 Å². The van der Waals surface area contributed by atoms with E-state index in [1.807, 2.05) is 7.05 Å². The van der Waals surface area contributed by atoms with Gasteiger partial charge >= 0.3 is 0 Å². The van der Waals surface area contributed by atoms with Crippen LogP contribution in [-0.2, 0) is 0 Å². The summed E-state index contributed by atoms with van der Waals surface area (Å²) in [5.74, 6) is 0. The zero-order valence-corrected chi connectivity index (χ0v) is 12.3. The highest BCUT2D eigenvalue weighted by atomic mass is 79.9. The Labute approximate surface area is 109 Å². The van der Waals surface area contributed by atoms with Gasteiger partial charge in [0.15, 0.2) is 0 Å². The molecule has 0 spiro atoms. The van der Waals surface area contributed by atoms with E-state index >= 15 is 0 Å². The Kier molecular flexibility index (Phi) is 4.94. The third-order valence-corrected chi connectivity index (χ3v) is 4.10. The molecule has 0 aliphatic carbocycles. The SMILES string of the molecule is CN(CC(C)(C)O)C(CN)c1cc(Br)cs1. The molecule has 0 saturated heterocycles. The fraction of sp³-hybridized carbons (Fsp3) is 0.636. The molecule has 0 bridgehead atoms. The van der Waals surface area contributed by atoms with Gasteiger partial charge in [0, 0.05) is 27.8 Å². The molecule has 1 unspecified atom stereocenters. The summed E-state index contributed by atoms with van der Waals surface area (Å²) in [6, 6.07) is 2.26. The second-order valence-corrected chi connectivity index (χ2v) is 6.50. The summed E-state index contributed by atoms with van der Waals surface area (Å²) in [7, 11) is 1.99. The van der Waals surface area contributed by atoms with Crippen LogP contribution in [-0.4, -0.2) is 35.7 Å². The van der Waals surface area contributed by atoms with Crippen molar-refractivity contribution in [2.45, 2.75) is 25.5 Å². The Morgan fingerprint density at radius 2 is 2.25 bits per heavy atom. The maximum Gasteiger partial charge on any atom is 0.0718 e. The lowest BCUT2D eigenvalue weighted by Crippen LogP contribution is -2.40. The number of aliphatic hydroxyl groups is 1. The topological polar surface area (TPSA) is 49.5 Å². The molecule has 1 heterocycles. The van der Waals surface area contributed by atoms with Gasteiger partial charge in [-0.3, -0.25) is 4.90 Å². The number of nitrogens with two attached hydrogens (primary N) is 1. The Hall–Kier alpha value is 0.0600. The van der Waals surface area contributed by atoms with E-state index in [2.05, 4.69) is 32.3 Å². The first-order valence-electron chi connectivity index (χ1n) is 5.20. The van der Waals surface area contributed by atoms with Crippen LogP contribution in [0.25, 0.3) is 0 Å². The monoisotopic (exact) mass is 306 g/mol. The standard InChI is InChI=1S/C11H19BrN2OS/c1-11(2,15)7-14(3)9(5-13)10-4-8(12)6-16-10/h4,6,9,15H,5,7,13H2,1-3H3. The van der Waals surface area contributed by atoms with Crippen molar-refractivity contribution in [2.75, 3.05) is 20.1 Å². The Morgan fingerprint density at radius 1 is 1.62 bits per heavy atom. The molecule has 0 saturated carbocycles. The maximum atomic E-state index is 9.80. The number of hydrogen-bond donors (Lipinski definition) is 2. The van der Waals surface area contributed by atoms with Gasteiger partial charge in [0.1, 0.15) is 0 Å². The van der Waals surface area contributed by atoms with Crippen molar-refractivity contribution in [3.8, 4) is 0 Å². The van der Waals surface area contributed by atoms with E-state index in [4.69, 9.17) is 5.73 Å². The van der Waals surface area contributed by atoms with Crippen LogP contribution in [0.1, 0.15) is 24.8 Å². The fourth-order valence-corrected chi connectivity index (χ4v) is 3.36. The number of halogens is 1. The zero-order valence-electron chi connectivity index (χ0n) is 9.90. The Morgan fingerprint density at radius 3 is 2.62 bits per heavy atom. The number of rotatable bonds is 5. The van der Waals surface area contributed by atoms with Gasteiger partial charge in [-0.15, -0.1) is 11.3 Å². The van der Waals surface area contributed by atoms with Crippen LogP contribution in [0.4, 0.5) is 0 Å². The van der Waals surface area contributed by atoms with Gasteiger partial charge in [-0.1, -0.05) is 0 Å². The van der Waals surface area contributed by atoms with E-state index in [0.29, 0.717) is 13.1 Å². The minimum absolute atomic E-state index is 0.169. The van der Waals surface area contributed by atoms with E-state index in [0.717, 1.165) is 4.47 Å². The number of thiophene rings is 1. The van der Waals surface area contributed by atoms with Gasteiger partial charge < -0.3 is 10.8 Å². The number of hydrogen-bond acceptors (Lipinski definition) is 4. The van der Waals surface area contributed by atoms with Crippen molar-refractivity contribution in [3.05, 3.63) is 20.8 Å². The summed E-state index contributed by atoms with van der Waals surface area (Å²) < 4.78 is 1.09. The van der Waals surface area contributed by atoms with Gasteiger partial charge in [-0.2, -0.15) is 0 Å². The normalized spacial score (nSPS) is 14.4. The third-order valence-electron chi connectivity index (χ3n) is 2.31. The molecule has 3 N–H and O–H groups in total. The van der Waals surface area contributed by atoms with Crippen molar-refractivity contribution in [3.63, 3.8) is 0 Å². The van der Waals surface area contributed by atoms with E-state index < -0.39 is 5.60 Å². The van der Waals surface area contributed by atoms with E-state index in [9.17, 15) is 5.11 Å². The first-order valence-corrected chi connectivity index (χ1v) is 6.87. The highest BCUT2D eigenvalue weighted by Gasteiger charge is 2.23. The van der Waals surface area contributed by atoms with Crippen molar-refractivity contribution in [1.29, 1.82) is 0 Å². The summed E-state index contributed by atoms with van der Waals surface area (Å²) in [5.41, 5.74) is 5.10. The van der Waals surface area contributed by atoms with Gasteiger partial charge in [0.2, 0.25) is 0 Å². The Balaban J connectivity index is 2.74. The molecule has 5 heteroatoms. The molecular weight excluding hydrogens is 288 g/mol. The minimum Gasteiger partial charge on any atom is -0.389 e. The molecule has 16 heavy (non-hydrogen) atoms. The van der Waals surface area contributed by atoms with E-state index in [1.54, 1.807) is 25.2 Å². The van der Waals surface area contributed by atoms with Crippen molar-refractivity contribution in [2.24, 2.45) is 5.73 Å². The first kappa shape index (κ1) is 14.1. The molecule has 1 atom stereocenters. The van der Waals surface area contributed by atoms with Crippen LogP contribution in [0.5, 0.6) is 0 Å². The van der Waals surface area contributed by atoms with Gasteiger partial charge in [0.05, 0.1) is 11.6 Å². The number of nitrogens with zero attached hydrogens (tertiary/aromatic N) is 1. The molecule has 3 nitrogen and oxygen atoms in total. The highest BCUT2D eigenvalue weighted by molar-refractivity contribution is 9.10. The quantitative estimate of drug-likeness (QED) is 0.877. The third kappa shape index (κ3) is 4.14. The molecule has 1 rings (SSSR count). The lowest BCUT2D eigenvalue weighted by Gasteiger charge is -2.31. The average molecular weight is 307 g/mol. The molecular formula is C11H19BrN2OS. The molecule has 1 aromatic heterocycles. The van der Waals surface area contributed by atoms with Crippen molar-refractivity contribution in [1.82, 2.24) is 4.90 Å². The largest absolute Gasteiger partial charge is 0.389 e. The molecule has 0 fully saturated rings. The summed E-state index contributed by atoms with van der Waals surface area (Å²) in [5, 5.41) is 11.8. The molecule has 92 valence electrons. The molecule has 0 aromatic carbocycles. The molecule has 0 radical (unpaired) electrons. The van der Waals surface area contributed by atoms with Gasteiger partial charge in [0.25, 0.3) is 0 Å². The Bertz CT molecular complexity index is 335. The van der Waals surface area contributed by atoms with E-state index in [-0.39, 0.29) is 6.04 Å². The summed E-state index contributed by atoms with van der Waals surface area (Å²) in [6.45, 7) is 4.77. The van der Waals surface area contributed by atoms with Crippen molar-refractivity contribution >= 4 is 27.3 Å². The van der Waals surface area contributed by atoms with Gasteiger partial charge in [-0.25, -0.2) is 0 Å². The highest BCUT2D eigenvalue weighted by Crippen LogP contribution is 2.28. The molecule has 0 amide bonds. The predicted octanol–water partition coefficient (Wildman–Crippen LogP) is 2.21. The van der Waals surface area contributed by atoms with Crippen LogP contribution < -0.4 is 5.73 Å². The average Bonchev–Trinajstić information content (AvgIpc) is 2.49. The van der Waals surface area contributed by atoms with Crippen LogP contribution in [0.15, 0.2) is 15.9 Å². The zero-order chi connectivity index (χ0) is 12.3. The molecule has 0 aliphatic heterocycles. The van der Waals surface area contributed by atoms with Crippen LogP contribution in [0.3, 0.4) is 0 Å². The van der Waals surface area contributed by atoms with Crippen LogP contribution in [0.2, 0.25) is 0 Å². The lowest BCUT2D eigenvalue weighted by atomic mass is 10.1.